The lowest BCUT2D eigenvalue weighted by molar-refractivity contribution is -0.137. The number of ether oxygens (including phenoxy) is 1. The van der Waals surface area contributed by atoms with E-state index in [2.05, 4.69) is 16.0 Å². The quantitative estimate of drug-likeness (QED) is 0.338. The van der Waals surface area contributed by atoms with E-state index in [1.807, 2.05) is 19.9 Å². The fourth-order valence-corrected chi connectivity index (χ4v) is 3.10. The van der Waals surface area contributed by atoms with Crippen molar-refractivity contribution >= 4 is 28.9 Å². The smallest absolute Gasteiger partial charge is 0.416 e. The van der Waals surface area contributed by atoms with Gasteiger partial charge < -0.3 is 20.7 Å². The van der Waals surface area contributed by atoms with Gasteiger partial charge in [-0.2, -0.15) is 13.2 Å². The van der Waals surface area contributed by atoms with Gasteiger partial charge in [0.1, 0.15) is 5.75 Å². The number of alkyl halides is 3. The molecule has 1 atom stereocenters. The molecule has 2 amide bonds. The molecular weight excluding hydrogens is 459 g/mol. The predicted molar refractivity (Wildman–Crippen MR) is 130 cm³/mol. The molecule has 0 saturated heterocycles. The summed E-state index contributed by atoms with van der Waals surface area (Å²) in [4.78, 5) is 24.9. The third-order valence-electron chi connectivity index (χ3n) is 5.06. The maximum atomic E-state index is 12.9. The van der Waals surface area contributed by atoms with E-state index in [1.165, 1.54) is 24.3 Å². The minimum atomic E-state index is -4.51. The van der Waals surface area contributed by atoms with Gasteiger partial charge in [-0.25, -0.2) is 0 Å². The molecule has 1 unspecified atom stereocenters. The van der Waals surface area contributed by atoms with E-state index in [-0.39, 0.29) is 29.8 Å². The fourth-order valence-electron chi connectivity index (χ4n) is 3.10. The lowest BCUT2D eigenvalue weighted by Crippen LogP contribution is -2.22. The maximum Gasteiger partial charge on any atom is 0.416 e. The third kappa shape index (κ3) is 7.77. The molecule has 3 rings (SSSR count). The van der Waals surface area contributed by atoms with Crippen LogP contribution in [0, 0.1) is 0 Å². The normalized spacial score (nSPS) is 11.9. The van der Waals surface area contributed by atoms with Crippen molar-refractivity contribution in [3.8, 4) is 5.75 Å². The van der Waals surface area contributed by atoms with Crippen LogP contribution in [0.25, 0.3) is 0 Å². The molecule has 0 radical (unpaired) electrons. The number of rotatable bonds is 9. The first-order chi connectivity index (χ1) is 16.6. The first kappa shape index (κ1) is 25.6. The second-order valence-electron chi connectivity index (χ2n) is 7.88. The molecule has 0 aromatic heterocycles. The van der Waals surface area contributed by atoms with Gasteiger partial charge in [0.05, 0.1) is 18.2 Å². The SMILES string of the molecule is CCC(C)Oc1cccc(NC(=O)CNc2cccc(C(=O)Nc3cccc(C(F)(F)F)c3)c2)c1. The minimum Gasteiger partial charge on any atom is -0.491 e. The van der Waals surface area contributed by atoms with Crippen molar-refractivity contribution in [2.75, 3.05) is 22.5 Å². The van der Waals surface area contributed by atoms with Gasteiger partial charge in [0.25, 0.3) is 5.91 Å². The molecule has 0 aliphatic heterocycles. The summed E-state index contributed by atoms with van der Waals surface area (Å²) in [7, 11) is 0. The van der Waals surface area contributed by atoms with Crippen LogP contribution in [0.4, 0.5) is 30.2 Å². The highest BCUT2D eigenvalue weighted by molar-refractivity contribution is 6.05. The zero-order chi connectivity index (χ0) is 25.4. The van der Waals surface area contributed by atoms with Crippen molar-refractivity contribution in [1.82, 2.24) is 0 Å². The van der Waals surface area contributed by atoms with Crippen LogP contribution >= 0.6 is 0 Å². The highest BCUT2D eigenvalue weighted by Gasteiger charge is 2.30. The number of hydrogen-bond donors (Lipinski definition) is 3. The molecule has 0 spiro atoms. The lowest BCUT2D eigenvalue weighted by Gasteiger charge is -2.14. The Labute approximate surface area is 201 Å². The van der Waals surface area contributed by atoms with Crippen molar-refractivity contribution in [1.29, 1.82) is 0 Å². The van der Waals surface area contributed by atoms with Crippen LogP contribution in [0.15, 0.2) is 72.8 Å². The number of amides is 2. The highest BCUT2D eigenvalue weighted by Crippen LogP contribution is 2.30. The molecule has 0 fully saturated rings. The van der Waals surface area contributed by atoms with Crippen LogP contribution in [-0.4, -0.2) is 24.5 Å². The molecule has 3 aromatic carbocycles. The zero-order valence-corrected chi connectivity index (χ0v) is 19.3. The average Bonchev–Trinajstić information content (AvgIpc) is 2.82. The number of carbonyl (C=O) groups excluding carboxylic acids is 2. The molecule has 0 aliphatic carbocycles. The number of benzene rings is 3. The van der Waals surface area contributed by atoms with E-state index < -0.39 is 17.6 Å². The van der Waals surface area contributed by atoms with Gasteiger partial charge in [0.15, 0.2) is 0 Å². The van der Waals surface area contributed by atoms with E-state index in [1.54, 1.807) is 30.3 Å². The van der Waals surface area contributed by atoms with E-state index in [9.17, 15) is 22.8 Å². The number of anilines is 3. The van der Waals surface area contributed by atoms with Crippen LogP contribution < -0.4 is 20.7 Å². The molecule has 0 saturated carbocycles. The lowest BCUT2D eigenvalue weighted by atomic mass is 10.1. The second-order valence-corrected chi connectivity index (χ2v) is 7.88. The maximum absolute atomic E-state index is 12.9. The minimum absolute atomic E-state index is 0.0297. The summed E-state index contributed by atoms with van der Waals surface area (Å²) in [5, 5.41) is 8.18. The van der Waals surface area contributed by atoms with Crippen LogP contribution in [-0.2, 0) is 11.0 Å². The number of nitrogens with one attached hydrogen (secondary N) is 3. The first-order valence-electron chi connectivity index (χ1n) is 11.0. The van der Waals surface area contributed by atoms with Crippen molar-refractivity contribution in [2.24, 2.45) is 0 Å². The van der Waals surface area contributed by atoms with Gasteiger partial charge in [-0.3, -0.25) is 9.59 Å². The van der Waals surface area contributed by atoms with Crippen molar-refractivity contribution in [3.05, 3.63) is 83.9 Å². The number of carbonyl (C=O) groups is 2. The Hall–Kier alpha value is -4.01. The number of hydrogen-bond acceptors (Lipinski definition) is 4. The van der Waals surface area contributed by atoms with E-state index in [4.69, 9.17) is 4.74 Å². The number of halogens is 3. The standard InChI is InChI=1S/C26H26F3N3O3/c1-3-17(2)35-23-12-6-11-22(15-23)31-24(33)16-30-20-9-4-7-18(13-20)25(34)32-21-10-5-8-19(14-21)26(27,28)29/h4-15,17,30H,3,16H2,1-2H3,(H,31,33)(H,32,34). The summed E-state index contributed by atoms with van der Waals surface area (Å²) >= 11 is 0. The third-order valence-corrected chi connectivity index (χ3v) is 5.06. The van der Waals surface area contributed by atoms with Crippen LogP contribution in [0.1, 0.15) is 36.2 Å². The molecular formula is C26H26F3N3O3. The predicted octanol–water partition coefficient (Wildman–Crippen LogP) is 6.19. The van der Waals surface area contributed by atoms with Gasteiger partial charge in [-0.1, -0.05) is 25.1 Å². The Balaban J connectivity index is 1.57. The largest absolute Gasteiger partial charge is 0.491 e. The highest BCUT2D eigenvalue weighted by atomic mass is 19.4. The monoisotopic (exact) mass is 485 g/mol. The second kappa shape index (κ2) is 11.4. The first-order valence-corrected chi connectivity index (χ1v) is 11.0. The molecule has 0 aliphatic rings. The van der Waals surface area contributed by atoms with E-state index >= 15 is 0 Å². The van der Waals surface area contributed by atoms with E-state index in [0.29, 0.717) is 17.1 Å². The summed E-state index contributed by atoms with van der Waals surface area (Å²) < 4.78 is 44.4. The summed E-state index contributed by atoms with van der Waals surface area (Å²) in [6.07, 6.45) is -3.59. The van der Waals surface area contributed by atoms with Gasteiger partial charge in [-0.15, -0.1) is 0 Å². The topological polar surface area (TPSA) is 79.5 Å². The molecule has 9 heteroatoms. The van der Waals surface area contributed by atoms with Crippen LogP contribution in [0.3, 0.4) is 0 Å². The van der Waals surface area contributed by atoms with Crippen molar-refractivity contribution in [3.63, 3.8) is 0 Å². The average molecular weight is 486 g/mol. The van der Waals surface area contributed by atoms with Crippen molar-refractivity contribution in [2.45, 2.75) is 32.5 Å². The van der Waals surface area contributed by atoms with Gasteiger partial charge >= 0.3 is 6.18 Å². The van der Waals surface area contributed by atoms with Crippen LogP contribution in [0.5, 0.6) is 5.75 Å². The summed E-state index contributed by atoms with van der Waals surface area (Å²) in [5.74, 6) is -0.218. The zero-order valence-electron chi connectivity index (χ0n) is 19.3. The van der Waals surface area contributed by atoms with E-state index in [0.717, 1.165) is 18.6 Å². The summed E-state index contributed by atoms with van der Waals surface area (Å²) in [5.41, 5.74) is 0.496. The van der Waals surface area contributed by atoms with Gasteiger partial charge in [-0.05, 0) is 61.9 Å². The van der Waals surface area contributed by atoms with Gasteiger partial charge in [0, 0.05) is 28.7 Å². The Morgan fingerprint density at radius 1 is 0.886 bits per heavy atom. The molecule has 0 heterocycles. The summed E-state index contributed by atoms with van der Waals surface area (Å²) in [6, 6.07) is 17.8. The molecule has 6 nitrogen and oxygen atoms in total. The Morgan fingerprint density at radius 3 is 2.26 bits per heavy atom. The molecule has 0 bridgehead atoms. The molecule has 35 heavy (non-hydrogen) atoms. The van der Waals surface area contributed by atoms with Crippen LogP contribution in [0.2, 0.25) is 0 Å². The Kier molecular flexibility index (Phi) is 8.35. The summed E-state index contributed by atoms with van der Waals surface area (Å²) in [6.45, 7) is 3.92. The molecule has 3 N–H and O–H groups in total. The van der Waals surface area contributed by atoms with Crippen molar-refractivity contribution < 1.29 is 27.5 Å². The Morgan fingerprint density at radius 2 is 1.54 bits per heavy atom. The molecule has 184 valence electrons. The van der Waals surface area contributed by atoms with Gasteiger partial charge in [0.2, 0.25) is 5.91 Å². The molecule has 3 aromatic rings. The Bertz CT molecular complexity index is 1180. The fraction of sp³-hybridized carbons (Fsp3) is 0.231.